The van der Waals surface area contributed by atoms with Gasteiger partial charge in [0.15, 0.2) is 5.13 Å². The first-order valence-electron chi connectivity index (χ1n) is 11.4. The number of hydrogen-bond acceptors (Lipinski definition) is 6. The lowest BCUT2D eigenvalue weighted by Gasteiger charge is -2.25. The van der Waals surface area contributed by atoms with Crippen molar-refractivity contribution in [1.82, 2.24) is 15.0 Å². The molecule has 3 aromatic rings. The lowest BCUT2D eigenvalue weighted by atomic mass is 9.96. The number of rotatable bonds is 5. The van der Waals surface area contributed by atoms with Crippen LogP contribution in [0.4, 0.5) is 15.5 Å². The van der Waals surface area contributed by atoms with Gasteiger partial charge in [0, 0.05) is 30.9 Å². The van der Waals surface area contributed by atoms with E-state index in [4.69, 9.17) is 9.97 Å². The third-order valence-corrected chi connectivity index (χ3v) is 7.31. The van der Waals surface area contributed by atoms with Crippen LogP contribution < -0.4 is 10.2 Å². The van der Waals surface area contributed by atoms with Crippen molar-refractivity contribution in [3.63, 3.8) is 0 Å². The molecule has 1 aliphatic carbocycles. The number of anilines is 2. The Bertz CT molecular complexity index is 1020. The van der Waals surface area contributed by atoms with E-state index in [1.165, 1.54) is 57.4 Å². The van der Waals surface area contributed by atoms with Gasteiger partial charge >= 0.3 is 0 Å². The summed E-state index contributed by atoms with van der Waals surface area (Å²) >= 11 is 1.65. The van der Waals surface area contributed by atoms with Crippen molar-refractivity contribution in [3.05, 3.63) is 42.3 Å². The molecule has 162 valence electrons. The zero-order valence-electron chi connectivity index (χ0n) is 17.7. The van der Waals surface area contributed by atoms with Gasteiger partial charge in [-0.3, -0.25) is 0 Å². The minimum absolute atomic E-state index is 0.252. The van der Waals surface area contributed by atoms with Crippen LogP contribution in [0.15, 0.2) is 36.5 Å². The normalized spacial score (nSPS) is 17.6. The Hall–Kier alpha value is -2.54. The van der Waals surface area contributed by atoms with Gasteiger partial charge in [0.25, 0.3) is 0 Å². The minimum atomic E-state index is -0.252. The predicted molar refractivity (Wildman–Crippen MR) is 125 cm³/mol. The molecule has 2 aliphatic rings. The second-order valence-electron chi connectivity index (χ2n) is 8.48. The van der Waals surface area contributed by atoms with Crippen LogP contribution in [-0.2, 0) is 0 Å². The summed E-state index contributed by atoms with van der Waals surface area (Å²) in [5.74, 6) is 0.417. The van der Waals surface area contributed by atoms with Crippen LogP contribution in [0.2, 0.25) is 0 Å². The third kappa shape index (κ3) is 4.71. The first-order chi connectivity index (χ1) is 15.3. The molecule has 7 heteroatoms. The first-order valence-corrected chi connectivity index (χ1v) is 12.2. The van der Waals surface area contributed by atoms with Crippen molar-refractivity contribution in [3.8, 4) is 21.8 Å². The summed E-state index contributed by atoms with van der Waals surface area (Å²) in [7, 11) is 0. The van der Waals surface area contributed by atoms with Gasteiger partial charge in [-0.2, -0.15) is 0 Å². The van der Waals surface area contributed by atoms with E-state index in [-0.39, 0.29) is 5.82 Å². The highest BCUT2D eigenvalue weighted by Gasteiger charge is 2.22. The Balaban J connectivity index is 1.51. The maximum Gasteiger partial charge on any atom is 0.223 e. The molecule has 0 radical (unpaired) electrons. The van der Waals surface area contributed by atoms with E-state index in [0.29, 0.717) is 12.0 Å². The zero-order chi connectivity index (χ0) is 21.0. The number of aromatic nitrogens is 3. The van der Waals surface area contributed by atoms with E-state index in [2.05, 4.69) is 15.2 Å². The average molecular weight is 438 g/mol. The van der Waals surface area contributed by atoms with Crippen molar-refractivity contribution in [2.24, 2.45) is 0 Å². The Morgan fingerprint density at radius 2 is 1.77 bits per heavy atom. The topological polar surface area (TPSA) is 53.9 Å². The largest absolute Gasteiger partial charge is 0.351 e. The number of nitrogens with zero attached hydrogens (tertiary/aromatic N) is 4. The molecule has 3 heterocycles. The molecule has 0 bridgehead atoms. The Morgan fingerprint density at radius 3 is 2.58 bits per heavy atom. The molecular formula is C24H28FN5S. The molecule has 0 amide bonds. The van der Waals surface area contributed by atoms with Gasteiger partial charge in [0.1, 0.15) is 5.82 Å². The van der Waals surface area contributed by atoms with E-state index < -0.39 is 0 Å². The van der Waals surface area contributed by atoms with Crippen molar-refractivity contribution < 1.29 is 4.39 Å². The van der Waals surface area contributed by atoms with Crippen LogP contribution in [0.3, 0.4) is 0 Å². The highest BCUT2D eigenvalue weighted by Crippen LogP contribution is 2.40. The van der Waals surface area contributed by atoms with E-state index in [1.807, 2.05) is 18.3 Å². The fraction of sp³-hybridized carbons (Fsp3) is 0.458. The molecule has 1 N–H and O–H groups in total. The second kappa shape index (κ2) is 9.30. The van der Waals surface area contributed by atoms with Gasteiger partial charge in [0.05, 0.1) is 16.3 Å². The third-order valence-electron chi connectivity index (χ3n) is 6.17. The van der Waals surface area contributed by atoms with Gasteiger partial charge in [-0.15, -0.1) is 0 Å². The summed E-state index contributed by atoms with van der Waals surface area (Å²) in [5.41, 5.74) is 2.43. The molecule has 1 saturated carbocycles. The molecule has 5 rings (SSSR count). The molecule has 2 fully saturated rings. The lowest BCUT2D eigenvalue weighted by Crippen LogP contribution is -2.29. The van der Waals surface area contributed by atoms with Crippen molar-refractivity contribution >= 4 is 22.4 Å². The van der Waals surface area contributed by atoms with E-state index in [9.17, 15) is 4.39 Å². The van der Waals surface area contributed by atoms with Crippen LogP contribution >= 0.6 is 11.3 Å². The van der Waals surface area contributed by atoms with Crippen LogP contribution in [0.1, 0.15) is 51.4 Å². The van der Waals surface area contributed by atoms with Crippen LogP contribution in [0.25, 0.3) is 21.8 Å². The summed E-state index contributed by atoms with van der Waals surface area (Å²) in [4.78, 5) is 17.6. The highest BCUT2D eigenvalue weighted by atomic mass is 32.1. The molecule has 1 aromatic carbocycles. The highest BCUT2D eigenvalue weighted by molar-refractivity contribution is 7.19. The standard InChI is InChI=1S/C24H28FN5S/c25-18-9-7-8-17(16-18)21-22(31-24(29-21)30-14-5-2-6-15-30)20-12-13-26-23(28-20)27-19-10-3-1-4-11-19/h7-9,12-13,16,19H,1-6,10-11,14-15H2,(H,26,27,28). The van der Waals surface area contributed by atoms with E-state index >= 15 is 0 Å². The van der Waals surface area contributed by atoms with Crippen molar-refractivity contribution in [1.29, 1.82) is 0 Å². The fourth-order valence-corrected chi connectivity index (χ4v) is 5.63. The Morgan fingerprint density at radius 1 is 0.968 bits per heavy atom. The first kappa shape index (κ1) is 20.4. The van der Waals surface area contributed by atoms with Crippen molar-refractivity contribution in [2.75, 3.05) is 23.3 Å². The lowest BCUT2D eigenvalue weighted by molar-refractivity contribution is 0.461. The summed E-state index contributed by atoms with van der Waals surface area (Å²) < 4.78 is 14.0. The number of halogens is 1. The number of nitrogens with one attached hydrogen (secondary N) is 1. The predicted octanol–water partition coefficient (Wildman–Crippen LogP) is 6.14. The number of thiazole rings is 1. The van der Waals surface area contributed by atoms with Crippen molar-refractivity contribution in [2.45, 2.75) is 57.4 Å². The van der Waals surface area contributed by atoms with Gasteiger partial charge in [-0.25, -0.2) is 19.3 Å². The maximum absolute atomic E-state index is 14.0. The van der Waals surface area contributed by atoms with Gasteiger partial charge in [-0.1, -0.05) is 42.7 Å². The Kier molecular flexibility index (Phi) is 6.11. The fourth-order valence-electron chi connectivity index (χ4n) is 4.52. The molecule has 1 saturated heterocycles. The molecule has 0 spiro atoms. The van der Waals surface area contributed by atoms with Crippen LogP contribution in [0.5, 0.6) is 0 Å². The second-order valence-corrected chi connectivity index (χ2v) is 9.45. The maximum atomic E-state index is 14.0. The summed E-state index contributed by atoms with van der Waals surface area (Å²) in [5, 5.41) is 4.52. The van der Waals surface area contributed by atoms with E-state index in [0.717, 1.165) is 40.0 Å². The molecule has 5 nitrogen and oxygen atoms in total. The summed E-state index contributed by atoms with van der Waals surface area (Å²) in [6.07, 6.45) is 11.6. The molecule has 0 unspecified atom stereocenters. The molecule has 0 atom stereocenters. The smallest absolute Gasteiger partial charge is 0.223 e. The minimum Gasteiger partial charge on any atom is -0.351 e. The number of piperidine rings is 1. The summed E-state index contributed by atoms with van der Waals surface area (Å²) in [6, 6.07) is 9.06. The molecule has 31 heavy (non-hydrogen) atoms. The van der Waals surface area contributed by atoms with Crippen LogP contribution in [0, 0.1) is 5.82 Å². The Labute approximate surface area is 186 Å². The van der Waals surface area contributed by atoms with Gasteiger partial charge < -0.3 is 10.2 Å². The van der Waals surface area contributed by atoms with E-state index in [1.54, 1.807) is 23.5 Å². The molecular weight excluding hydrogens is 409 g/mol. The summed E-state index contributed by atoms with van der Waals surface area (Å²) in [6.45, 7) is 2.04. The van der Waals surface area contributed by atoms with Crippen LogP contribution in [-0.4, -0.2) is 34.1 Å². The molecule has 1 aliphatic heterocycles. The number of hydrogen-bond donors (Lipinski definition) is 1. The number of benzene rings is 1. The zero-order valence-corrected chi connectivity index (χ0v) is 18.5. The molecule has 2 aromatic heterocycles. The van der Waals surface area contributed by atoms with Gasteiger partial charge in [0.2, 0.25) is 5.95 Å². The quantitative estimate of drug-likeness (QED) is 0.519. The van der Waals surface area contributed by atoms with Gasteiger partial charge in [-0.05, 0) is 50.3 Å². The monoisotopic (exact) mass is 437 g/mol. The average Bonchev–Trinajstić information content (AvgIpc) is 3.26. The SMILES string of the molecule is Fc1cccc(-c2nc(N3CCCCC3)sc2-c2ccnc(NC3CCCCC3)n2)c1.